The number of hydrogen-bond acceptors (Lipinski definition) is 9. The van der Waals surface area contributed by atoms with Gasteiger partial charge in [-0.3, -0.25) is 14.4 Å². The van der Waals surface area contributed by atoms with Crippen molar-refractivity contribution in [3.8, 4) is 0 Å². The molecule has 210 valence electrons. The zero-order valence-corrected chi connectivity index (χ0v) is 21.9. The predicted octanol–water partition coefficient (Wildman–Crippen LogP) is -0.139. The molecule has 7 atom stereocenters. The predicted molar refractivity (Wildman–Crippen MR) is 134 cm³/mol. The SMILES string of the molecule is CCCCCCCCCCC(N)C(=O)NC(CC(=O)N[C@@H]1OC(CO)[C@H](O)[C@H](O)C1O)C(=O)C(C)C. The average Bonchev–Trinajstić information content (AvgIpc) is 2.84. The maximum atomic E-state index is 12.7. The van der Waals surface area contributed by atoms with Crippen LogP contribution in [0.4, 0.5) is 0 Å². The highest BCUT2D eigenvalue weighted by Gasteiger charge is 2.44. The number of unbranched alkanes of at least 4 members (excludes halogenated alkanes) is 7. The lowest BCUT2D eigenvalue weighted by atomic mass is 9.96. The summed E-state index contributed by atoms with van der Waals surface area (Å²) in [4.78, 5) is 37.9. The molecule has 0 spiro atoms. The average molecular weight is 518 g/mol. The minimum atomic E-state index is -1.65. The van der Waals surface area contributed by atoms with E-state index in [2.05, 4.69) is 17.6 Å². The van der Waals surface area contributed by atoms with E-state index in [1.807, 2.05) is 0 Å². The van der Waals surface area contributed by atoms with E-state index >= 15 is 0 Å². The molecule has 0 radical (unpaired) electrons. The molecule has 1 heterocycles. The van der Waals surface area contributed by atoms with Crippen LogP contribution in [-0.2, 0) is 19.1 Å². The fourth-order valence-electron chi connectivity index (χ4n) is 4.16. The van der Waals surface area contributed by atoms with E-state index in [-0.39, 0.29) is 5.78 Å². The second-order valence-electron chi connectivity index (χ2n) is 10.0. The lowest BCUT2D eigenvalue weighted by molar-refractivity contribution is -0.236. The Hall–Kier alpha value is -1.63. The molecule has 0 aliphatic carbocycles. The lowest BCUT2D eigenvalue weighted by Gasteiger charge is -2.40. The van der Waals surface area contributed by atoms with Crippen LogP contribution in [-0.4, -0.2) is 87.4 Å². The van der Waals surface area contributed by atoms with Crippen molar-refractivity contribution in [2.24, 2.45) is 11.7 Å². The second kappa shape index (κ2) is 17.0. The van der Waals surface area contributed by atoms with E-state index in [1.165, 1.54) is 25.7 Å². The topological polar surface area (TPSA) is 191 Å². The Morgan fingerprint density at radius 1 is 0.917 bits per heavy atom. The first-order valence-electron chi connectivity index (χ1n) is 13.2. The largest absolute Gasteiger partial charge is 0.394 e. The second-order valence-corrected chi connectivity index (χ2v) is 10.0. The van der Waals surface area contributed by atoms with Gasteiger partial charge in [0.15, 0.2) is 12.0 Å². The van der Waals surface area contributed by atoms with Crippen LogP contribution in [0.2, 0.25) is 0 Å². The van der Waals surface area contributed by atoms with Crippen LogP contribution in [0, 0.1) is 5.92 Å². The molecule has 0 aromatic rings. The molecule has 1 saturated heterocycles. The van der Waals surface area contributed by atoms with Gasteiger partial charge in [0.2, 0.25) is 11.8 Å². The van der Waals surface area contributed by atoms with Crippen LogP contribution in [0.15, 0.2) is 0 Å². The van der Waals surface area contributed by atoms with Gasteiger partial charge >= 0.3 is 0 Å². The van der Waals surface area contributed by atoms with Crippen LogP contribution < -0.4 is 16.4 Å². The Morgan fingerprint density at radius 2 is 1.50 bits per heavy atom. The van der Waals surface area contributed by atoms with Crippen molar-refractivity contribution < 1.29 is 39.5 Å². The Morgan fingerprint density at radius 3 is 2.06 bits per heavy atom. The van der Waals surface area contributed by atoms with Gasteiger partial charge in [-0.05, 0) is 6.42 Å². The lowest BCUT2D eigenvalue weighted by Crippen LogP contribution is -2.63. The van der Waals surface area contributed by atoms with E-state index in [0.717, 1.165) is 25.7 Å². The van der Waals surface area contributed by atoms with Gasteiger partial charge in [0.05, 0.1) is 25.1 Å². The number of amides is 2. The van der Waals surface area contributed by atoms with E-state index in [4.69, 9.17) is 10.5 Å². The van der Waals surface area contributed by atoms with Crippen LogP contribution >= 0.6 is 0 Å². The number of rotatable bonds is 17. The van der Waals surface area contributed by atoms with Gasteiger partial charge in [0.1, 0.15) is 24.4 Å². The van der Waals surface area contributed by atoms with Crippen molar-refractivity contribution in [3.63, 3.8) is 0 Å². The molecule has 0 aromatic carbocycles. The molecule has 4 unspecified atom stereocenters. The summed E-state index contributed by atoms with van der Waals surface area (Å²) in [5.41, 5.74) is 6.03. The van der Waals surface area contributed by atoms with E-state index in [1.54, 1.807) is 13.8 Å². The number of nitrogens with one attached hydrogen (secondary N) is 2. The standard InChI is InChI=1S/C25H47N3O8/c1-4-5-6-7-8-9-10-11-12-16(26)24(35)27-17(20(31)15(2)3)13-19(30)28-25-23(34)22(33)21(32)18(14-29)36-25/h15-18,21-23,25,29,32-34H,4-14,26H2,1-3H3,(H,27,35)(H,28,30)/t16?,17?,18?,21-,22-,23?,25+/m0/s1. The summed E-state index contributed by atoms with van der Waals surface area (Å²) in [6.45, 7) is 4.84. The quantitative estimate of drug-likeness (QED) is 0.129. The van der Waals surface area contributed by atoms with Gasteiger partial charge in [-0.2, -0.15) is 0 Å². The molecular weight excluding hydrogens is 470 g/mol. The first-order chi connectivity index (χ1) is 17.0. The number of aliphatic hydroxyl groups excluding tert-OH is 4. The zero-order chi connectivity index (χ0) is 27.3. The number of ether oxygens (including phenoxy) is 1. The van der Waals surface area contributed by atoms with Crippen molar-refractivity contribution >= 4 is 17.6 Å². The Labute approximate surface area is 214 Å². The Bertz CT molecular complexity index is 676. The summed E-state index contributed by atoms with van der Waals surface area (Å²) < 4.78 is 5.27. The summed E-state index contributed by atoms with van der Waals surface area (Å²) >= 11 is 0. The maximum absolute atomic E-state index is 12.7. The molecular formula is C25H47N3O8. The molecule has 1 aliphatic heterocycles. The van der Waals surface area contributed by atoms with Crippen molar-refractivity contribution in [2.45, 2.75) is 128 Å². The minimum Gasteiger partial charge on any atom is -0.394 e. The third-order valence-corrected chi connectivity index (χ3v) is 6.52. The van der Waals surface area contributed by atoms with Gasteiger partial charge in [0, 0.05) is 5.92 Å². The number of hydrogen-bond donors (Lipinski definition) is 7. The zero-order valence-electron chi connectivity index (χ0n) is 21.9. The third-order valence-electron chi connectivity index (χ3n) is 6.52. The molecule has 8 N–H and O–H groups in total. The number of ketones is 1. The van der Waals surface area contributed by atoms with Gasteiger partial charge in [-0.15, -0.1) is 0 Å². The van der Waals surface area contributed by atoms with Gasteiger partial charge in [0.25, 0.3) is 0 Å². The number of Topliss-reactive ketones (excluding diaryl/α,β-unsaturated/α-hetero) is 1. The van der Waals surface area contributed by atoms with Gasteiger partial charge in [-0.1, -0.05) is 72.1 Å². The fraction of sp³-hybridized carbons (Fsp3) is 0.880. The molecule has 11 heteroatoms. The fourth-order valence-corrected chi connectivity index (χ4v) is 4.16. The third kappa shape index (κ3) is 10.8. The molecule has 0 aromatic heterocycles. The molecule has 1 rings (SSSR count). The van der Waals surface area contributed by atoms with Crippen molar-refractivity contribution in [1.29, 1.82) is 0 Å². The molecule has 2 amide bonds. The first-order valence-corrected chi connectivity index (χ1v) is 13.2. The van der Waals surface area contributed by atoms with Crippen LogP contribution in [0.25, 0.3) is 0 Å². The van der Waals surface area contributed by atoms with Crippen molar-refractivity contribution in [1.82, 2.24) is 10.6 Å². The first kappa shape index (κ1) is 32.4. The smallest absolute Gasteiger partial charge is 0.237 e. The van der Waals surface area contributed by atoms with E-state index < -0.39 is 73.5 Å². The van der Waals surface area contributed by atoms with Gasteiger partial charge < -0.3 is 41.5 Å². The molecule has 0 bridgehead atoms. The van der Waals surface area contributed by atoms with Crippen LogP contribution in [0.3, 0.4) is 0 Å². The molecule has 36 heavy (non-hydrogen) atoms. The van der Waals surface area contributed by atoms with E-state index in [9.17, 15) is 34.8 Å². The highest BCUT2D eigenvalue weighted by molar-refractivity contribution is 5.95. The summed E-state index contributed by atoms with van der Waals surface area (Å²) in [6.07, 6.45) is 1.52. The summed E-state index contributed by atoms with van der Waals surface area (Å²) in [6, 6.07) is -1.94. The van der Waals surface area contributed by atoms with Crippen molar-refractivity contribution in [2.75, 3.05) is 6.61 Å². The van der Waals surface area contributed by atoms with Gasteiger partial charge in [-0.25, -0.2) is 0 Å². The van der Waals surface area contributed by atoms with E-state index in [0.29, 0.717) is 6.42 Å². The van der Waals surface area contributed by atoms with Crippen molar-refractivity contribution in [3.05, 3.63) is 0 Å². The normalized spacial score (nSPS) is 25.9. The van der Waals surface area contributed by atoms with Crippen LogP contribution in [0.1, 0.15) is 85.0 Å². The molecule has 11 nitrogen and oxygen atoms in total. The number of nitrogens with two attached hydrogens (primary N) is 1. The molecule has 1 fully saturated rings. The van der Waals surface area contributed by atoms with Crippen LogP contribution in [0.5, 0.6) is 0 Å². The number of aliphatic hydroxyl groups is 4. The Balaban J connectivity index is 2.59. The molecule has 1 aliphatic rings. The maximum Gasteiger partial charge on any atom is 0.237 e. The minimum absolute atomic E-state index is 0.355. The molecule has 0 saturated carbocycles. The highest BCUT2D eigenvalue weighted by Crippen LogP contribution is 2.20. The Kier molecular flexibility index (Phi) is 15.3. The summed E-state index contributed by atoms with van der Waals surface area (Å²) in [7, 11) is 0. The summed E-state index contributed by atoms with van der Waals surface area (Å²) in [5, 5.41) is 44.1. The monoisotopic (exact) mass is 517 g/mol. The summed E-state index contributed by atoms with van der Waals surface area (Å²) in [5.74, 6) is -2.06. The number of carbonyl (C=O) groups excluding carboxylic acids is 3. The number of carbonyl (C=O) groups is 3. The highest BCUT2D eigenvalue weighted by atomic mass is 16.6.